The molecule has 0 unspecified atom stereocenters. The number of carbonyl (C=O) groups excluding carboxylic acids is 6. The van der Waals surface area contributed by atoms with Gasteiger partial charge in [-0.1, -0.05) is 114 Å². The molecule has 1 aromatic heterocycles. The van der Waals surface area contributed by atoms with Crippen LogP contribution in [0.4, 0.5) is 0 Å². The second-order valence-corrected chi connectivity index (χ2v) is 21.4. The lowest BCUT2D eigenvalue weighted by Gasteiger charge is -2.39. The Kier molecular flexibility index (Phi) is 20.9. The van der Waals surface area contributed by atoms with Crippen LogP contribution in [0.15, 0.2) is 60.8 Å². The molecule has 3 heterocycles. The van der Waals surface area contributed by atoms with Crippen molar-refractivity contribution in [2.75, 3.05) is 46.2 Å². The molecule has 0 bridgehead atoms. The monoisotopic (exact) mass is 986 g/mol. The van der Waals surface area contributed by atoms with Crippen molar-refractivity contribution < 1.29 is 47.5 Å². The first-order valence-corrected chi connectivity index (χ1v) is 25.8. The number of morpholine rings is 1. The van der Waals surface area contributed by atoms with E-state index in [4.69, 9.17) is 14.2 Å². The highest BCUT2D eigenvalue weighted by atomic mass is 16.6. The van der Waals surface area contributed by atoms with Crippen molar-refractivity contribution in [3.05, 3.63) is 71.9 Å². The molecule has 2 aromatic carbocycles. The number of aryl methyl sites for hydroxylation is 1. The lowest BCUT2D eigenvalue weighted by atomic mass is 9.93. The largest absolute Gasteiger partial charge is 0.411 e. The zero-order valence-corrected chi connectivity index (χ0v) is 43.7. The number of nitrogens with one attached hydrogen (secondary N) is 4. The Hall–Kier alpha value is -5.52. The van der Waals surface area contributed by atoms with Crippen molar-refractivity contribution >= 4 is 35.4 Å². The van der Waals surface area contributed by atoms with Crippen molar-refractivity contribution in [3.63, 3.8) is 0 Å². The summed E-state index contributed by atoms with van der Waals surface area (Å²) in [5.41, 5.74) is 1.72. The Balaban J connectivity index is 1.22. The topological polar surface area (TPSA) is 212 Å². The quantitative estimate of drug-likeness (QED) is 0.0272. The number of carbonyl (C=O) groups is 6. The average Bonchev–Trinajstić information content (AvgIpc) is 3.88. The van der Waals surface area contributed by atoms with Gasteiger partial charge in [0, 0.05) is 5.56 Å². The van der Waals surface area contributed by atoms with Gasteiger partial charge in [-0.05, 0) is 89.3 Å². The number of unbranched alkanes of at least 4 members (excludes halogenated alkanes) is 4. The van der Waals surface area contributed by atoms with Crippen LogP contribution in [0.25, 0.3) is 11.3 Å². The Morgan fingerprint density at radius 1 is 0.789 bits per heavy atom. The number of esters is 1. The molecule has 0 saturated carbocycles. The molecule has 0 spiro atoms. The molecule has 4 N–H and O–H groups in total. The summed E-state index contributed by atoms with van der Waals surface area (Å²) < 4.78 is 18.9. The summed E-state index contributed by atoms with van der Waals surface area (Å²) >= 11 is 0. The predicted molar refractivity (Wildman–Crippen MR) is 271 cm³/mol. The Morgan fingerprint density at radius 2 is 1.41 bits per heavy atom. The normalized spacial score (nSPS) is 18.2. The van der Waals surface area contributed by atoms with Crippen LogP contribution in [0.1, 0.15) is 136 Å². The number of ketones is 1. The number of aromatic nitrogens is 3. The average molecular weight is 986 g/mol. The summed E-state index contributed by atoms with van der Waals surface area (Å²) in [4.78, 5) is 82.4. The molecule has 17 nitrogen and oxygen atoms in total. The van der Waals surface area contributed by atoms with Crippen LogP contribution in [-0.2, 0) is 50.1 Å². The van der Waals surface area contributed by atoms with E-state index in [1.165, 1.54) is 32.6 Å². The minimum absolute atomic E-state index is 0.0273. The number of benzene rings is 2. The minimum atomic E-state index is -1.04. The van der Waals surface area contributed by atoms with Gasteiger partial charge in [-0.2, -0.15) is 0 Å². The molecular weight excluding hydrogens is 905 g/mol. The highest BCUT2D eigenvalue weighted by Crippen LogP contribution is 2.30. The summed E-state index contributed by atoms with van der Waals surface area (Å²) in [6, 6.07) is 12.7. The number of hydrogen-bond donors (Lipinski definition) is 4. The van der Waals surface area contributed by atoms with Crippen molar-refractivity contribution in [2.45, 2.75) is 162 Å². The fourth-order valence-corrected chi connectivity index (χ4v) is 8.83. The number of hydrogen-bond acceptors (Lipinski definition) is 11. The van der Waals surface area contributed by atoms with Gasteiger partial charge in [0.2, 0.25) is 24.5 Å². The van der Waals surface area contributed by atoms with Crippen LogP contribution in [0.5, 0.6) is 0 Å². The van der Waals surface area contributed by atoms with Gasteiger partial charge in [0.05, 0.1) is 43.2 Å². The summed E-state index contributed by atoms with van der Waals surface area (Å²) in [5.74, 6) is -2.76. The molecule has 0 aliphatic carbocycles. The number of amides is 4. The van der Waals surface area contributed by atoms with Crippen LogP contribution in [0.3, 0.4) is 0 Å². The van der Waals surface area contributed by atoms with E-state index in [0.29, 0.717) is 57.0 Å². The second-order valence-electron chi connectivity index (χ2n) is 21.4. The molecule has 4 amide bonds. The van der Waals surface area contributed by atoms with Crippen molar-refractivity contribution in [3.8, 4) is 11.3 Å². The highest BCUT2D eigenvalue weighted by molar-refractivity contribution is 5.98. The Bertz CT molecular complexity index is 2220. The molecule has 5 rings (SSSR count). The highest BCUT2D eigenvalue weighted by Gasteiger charge is 2.50. The second kappa shape index (κ2) is 26.3. The van der Waals surface area contributed by atoms with E-state index >= 15 is 0 Å². The lowest BCUT2D eigenvalue weighted by Crippen LogP contribution is -2.62. The summed E-state index contributed by atoms with van der Waals surface area (Å²) in [6.45, 7) is 19.1. The molecule has 3 aromatic rings. The first kappa shape index (κ1) is 56.4. The predicted octanol–water partition coefficient (Wildman–Crippen LogP) is 6.04. The maximum Gasteiger partial charge on any atom is 0.342 e. The van der Waals surface area contributed by atoms with Crippen LogP contribution >= 0.6 is 0 Å². The van der Waals surface area contributed by atoms with E-state index in [9.17, 15) is 28.8 Å². The van der Waals surface area contributed by atoms with Gasteiger partial charge in [0.25, 0.3) is 5.91 Å². The first-order valence-electron chi connectivity index (χ1n) is 25.8. The summed E-state index contributed by atoms with van der Waals surface area (Å²) in [7, 11) is 0. The van der Waals surface area contributed by atoms with Gasteiger partial charge in [-0.15, -0.1) is 5.10 Å². The minimum Gasteiger partial charge on any atom is -0.411 e. The summed E-state index contributed by atoms with van der Waals surface area (Å²) in [6.07, 6.45) is 10.3. The van der Waals surface area contributed by atoms with Gasteiger partial charge < -0.3 is 35.5 Å². The van der Waals surface area contributed by atoms with E-state index in [0.717, 1.165) is 24.0 Å². The van der Waals surface area contributed by atoms with Crippen molar-refractivity contribution in [2.24, 2.45) is 11.8 Å². The SMILES string of the molecule is CCCCCCCC(C)(C)n1cc(-c2ccc(C(=O)OC[N+]3(CC(=O)N[C@@H](CCc4ccccc4)C(=O)N[C@@H](CC(C)C)C(=O)N[C@@H](C)C(=O)N[C@@H](CC(C)C)C(=O)[C@@]4(C)CO4)CCOCC3)cc2)nn1. The first-order chi connectivity index (χ1) is 33.7. The van der Waals surface area contributed by atoms with Crippen LogP contribution in [0, 0.1) is 11.8 Å². The van der Waals surface area contributed by atoms with Crippen LogP contribution in [0.2, 0.25) is 0 Å². The van der Waals surface area contributed by atoms with Crippen molar-refractivity contribution in [1.82, 2.24) is 36.3 Å². The molecule has 17 heteroatoms. The number of quaternary nitrogens is 1. The number of rotatable bonds is 29. The number of nitrogens with zero attached hydrogens (tertiary/aromatic N) is 4. The van der Waals surface area contributed by atoms with Crippen molar-refractivity contribution in [1.29, 1.82) is 0 Å². The van der Waals surface area contributed by atoms with E-state index in [2.05, 4.69) is 52.4 Å². The Morgan fingerprint density at radius 3 is 2.04 bits per heavy atom. The van der Waals surface area contributed by atoms with E-state index in [-0.39, 0.29) is 53.8 Å². The van der Waals surface area contributed by atoms with Gasteiger partial charge in [0.15, 0.2) is 12.3 Å². The smallest absolute Gasteiger partial charge is 0.342 e. The standard InChI is InChI=1S/C54H80N8O9/c1-10-11-12-13-17-26-53(7,8)61-33-46(59-60-61)41-21-23-42(24-22-41)52(68)70-36-62(27-29-69-30-28-62)34-47(63)56-43(25-20-40-18-15-14-16-19-40)50(66)58-45(32-38(4)5)51(67)55-39(6)49(65)57-44(31-37(2)3)48(64)54(9)35-71-54/h14-16,18-19,21-24,33,37-39,43-45H,10-13,17,20,25-32,34-36H2,1-9H3,(H3-,55,56,57,58,63,65,66,67)/p+1/t39-,43-,44-,45-,54+/m0/s1. The third kappa shape index (κ3) is 17.3. The van der Waals surface area contributed by atoms with Gasteiger partial charge >= 0.3 is 5.97 Å². The maximum absolute atomic E-state index is 14.3. The molecule has 2 aliphatic rings. The van der Waals surface area contributed by atoms with Crippen LogP contribution in [-0.4, -0.2) is 131 Å². The zero-order valence-electron chi connectivity index (χ0n) is 43.7. The van der Waals surface area contributed by atoms with E-state index in [1.54, 1.807) is 19.1 Å². The summed E-state index contributed by atoms with van der Waals surface area (Å²) in [5, 5.41) is 20.3. The number of ether oxygens (including phenoxy) is 3. The Labute approximate surface area is 420 Å². The van der Waals surface area contributed by atoms with E-state index in [1.807, 2.05) is 81.0 Å². The fourth-order valence-electron chi connectivity index (χ4n) is 8.83. The lowest BCUT2D eigenvalue weighted by molar-refractivity contribution is -0.943. The molecule has 390 valence electrons. The number of Topliss-reactive ketones (excluding diaryl/α,β-unsaturated/α-hetero) is 1. The molecule has 5 atom stereocenters. The molecule has 2 fully saturated rings. The molecule has 2 saturated heterocycles. The van der Waals surface area contributed by atoms with Gasteiger partial charge in [0.1, 0.15) is 42.5 Å². The molecule has 0 radical (unpaired) electrons. The molecule has 2 aliphatic heterocycles. The fraction of sp³-hybridized carbons (Fsp3) is 0.630. The maximum atomic E-state index is 14.3. The van der Waals surface area contributed by atoms with E-state index < -0.39 is 59.4 Å². The molecule has 71 heavy (non-hydrogen) atoms. The zero-order chi connectivity index (χ0) is 51.8. The third-order valence-corrected chi connectivity index (χ3v) is 13.5. The van der Waals surface area contributed by atoms with Crippen LogP contribution < -0.4 is 21.3 Å². The molecular formula is C54H81N8O9+. The third-order valence-electron chi connectivity index (χ3n) is 13.5. The van der Waals surface area contributed by atoms with Gasteiger partial charge in [-0.3, -0.25) is 28.5 Å². The van der Waals surface area contributed by atoms with Gasteiger partial charge in [-0.25, -0.2) is 9.48 Å². The number of epoxide rings is 1.